The van der Waals surface area contributed by atoms with Crippen LogP contribution in [0, 0.1) is 0 Å². The summed E-state index contributed by atoms with van der Waals surface area (Å²) in [5, 5.41) is 3.40. The summed E-state index contributed by atoms with van der Waals surface area (Å²) >= 11 is 10.8. The molecule has 82 valence electrons. The van der Waals surface area contributed by atoms with Crippen LogP contribution in [-0.4, -0.2) is 7.11 Å². The zero-order chi connectivity index (χ0) is 11.5. The summed E-state index contributed by atoms with van der Waals surface area (Å²) in [7, 11) is 5.18. The number of hydrogen-bond acceptors (Lipinski definition) is 5. The molecule has 0 bridgehead atoms. The molecule has 1 aromatic heterocycles. The van der Waals surface area contributed by atoms with Crippen molar-refractivity contribution in [2.45, 2.75) is 0 Å². The van der Waals surface area contributed by atoms with Crippen LogP contribution in [0.5, 0.6) is 5.75 Å². The molecule has 2 unspecified atom stereocenters. The molecule has 0 fully saturated rings. The molecule has 1 aromatic carbocycles. The van der Waals surface area contributed by atoms with Crippen molar-refractivity contribution in [2.75, 3.05) is 7.11 Å². The van der Waals surface area contributed by atoms with Crippen molar-refractivity contribution in [1.82, 2.24) is 0 Å². The molecule has 0 aliphatic heterocycles. The Bertz CT molecular complexity index is 602. The van der Waals surface area contributed by atoms with Crippen molar-refractivity contribution in [2.24, 2.45) is 0 Å². The van der Waals surface area contributed by atoms with Gasteiger partial charge in [0.05, 0.1) is 23.4 Å². The lowest BCUT2D eigenvalue weighted by Crippen LogP contribution is -1.81. The summed E-state index contributed by atoms with van der Waals surface area (Å²) in [5.41, 5.74) is 0.634. The molecule has 2 rings (SSSR count). The maximum absolute atomic E-state index is 5.50. The first kappa shape index (κ1) is 12.7. The van der Waals surface area contributed by atoms with Gasteiger partial charge >= 0.3 is 20.7 Å². The number of ether oxygens (including phenoxy) is 1. The van der Waals surface area contributed by atoms with Gasteiger partial charge in [0, 0.05) is 5.56 Å². The lowest BCUT2D eigenvalue weighted by atomic mass is 10.2. The van der Waals surface area contributed by atoms with Crippen molar-refractivity contribution in [3.63, 3.8) is 0 Å². The highest BCUT2D eigenvalue weighted by atomic mass is 33.1. The van der Waals surface area contributed by atoms with Gasteiger partial charge in [-0.1, -0.05) is 0 Å². The first-order valence-corrected chi connectivity index (χ1v) is 12.6. The molecule has 2 atom stereocenters. The highest BCUT2D eigenvalue weighted by Crippen LogP contribution is 2.48. The van der Waals surface area contributed by atoms with E-state index in [1.165, 1.54) is 10.9 Å². The van der Waals surface area contributed by atoms with Crippen molar-refractivity contribution in [1.29, 1.82) is 0 Å². The molecular formula is C9H8OP2S4+2. The fourth-order valence-corrected chi connectivity index (χ4v) is 17.3. The maximum Gasteiger partial charge on any atom is 0.414 e. The molecule has 1 nitrogen and oxygen atoms in total. The molecule has 0 saturated heterocycles. The van der Waals surface area contributed by atoms with Crippen LogP contribution in [0.3, 0.4) is 0 Å². The molecule has 0 aliphatic carbocycles. The van der Waals surface area contributed by atoms with Gasteiger partial charge in [-0.2, -0.15) is 0 Å². The zero-order valence-corrected chi connectivity index (χ0v) is 13.4. The topological polar surface area (TPSA) is 9.23 Å². The van der Waals surface area contributed by atoms with E-state index in [0.717, 1.165) is 5.75 Å². The molecule has 16 heavy (non-hydrogen) atoms. The molecule has 0 amide bonds. The van der Waals surface area contributed by atoms with E-state index >= 15 is 0 Å². The minimum atomic E-state index is -0.561. The average Bonchev–Trinajstić information content (AvgIpc) is 2.29. The normalized spacial score (nSPS) is 12.3. The molecule has 2 aromatic rings. The summed E-state index contributed by atoms with van der Waals surface area (Å²) in [6.07, 6.45) is 0. The molecule has 0 N–H and O–H groups in total. The SMILES string of the molecule is COc1ccc(-c2cs[p+](=S)s[p+]2=S)cc1. The number of methoxy groups -OCH3 is 1. The van der Waals surface area contributed by atoms with Crippen LogP contribution >= 0.6 is 55.3 Å². The molecule has 0 radical (unpaired) electrons. The summed E-state index contributed by atoms with van der Waals surface area (Å²) in [5.74, 6) is 0.875. The van der Waals surface area contributed by atoms with Crippen LogP contribution in [0.1, 0.15) is 0 Å². The van der Waals surface area contributed by atoms with Gasteiger partial charge in [-0.15, -0.1) is 0 Å². The molecule has 1 heterocycles. The third-order valence-corrected chi connectivity index (χ3v) is 16.1. The second kappa shape index (κ2) is 5.72. The van der Waals surface area contributed by atoms with E-state index in [1.807, 2.05) is 12.1 Å². The van der Waals surface area contributed by atoms with E-state index in [2.05, 4.69) is 17.5 Å². The van der Waals surface area contributed by atoms with Gasteiger partial charge in [0.2, 0.25) is 17.1 Å². The monoisotopic (exact) mass is 322 g/mol. The second-order valence-electron chi connectivity index (χ2n) is 2.90. The van der Waals surface area contributed by atoms with Gasteiger partial charge in [0.1, 0.15) is 5.75 Å². The number of hydrogen-bond donors (Lipinski definition) is 0. The van der Waals surface area contributed by atoms with Crippen LogP contribution in [-0.2, 0) is 0 Å². The lowest BCUT2D eigenvalue weighted by Gasteiger charge is -1.98. The Morgan fingerprint density at radius 1 is 1.19 bits per heavy atom. The maximum atomic E-state index is 5.50. The predicted molar refractivity (Wildman–Crippen MR) is 83.2 cm³/mol. The Balaban J connectivity index is 2.50. The summed E-state index contributed by atoms with van der Waals surface area (Å²) in [6.45, 7) is 0. The van der Waals surface area contributed by atoms with Crippen molar-refractivity contribution >= 4 is 55.3 Å². The highest BCUT2D eigenvalue weighted by Gasteiger charge is 2.16. The Labute approximate surface area is 113 Å². The molecule has 7 heteroatoms. The van der Waals surface area contributed by atoms with Gasteiger partial charge in [-0.25, -0.2) is 0 Å². The highest BCUT2D eigenvalue weighted by molar-refractivity contribution is 8.51. The van der Waals surface area contributed by atoms with Gasteiger partial charge < -0.3 is 4.74 Å². The zero-order valence-electron chi connectivity index (χ0n) is 8.32. The quantitative estimate of drug-likeness (QED) is 0.624. The van der Waals surface area contributed by atoms with Crippen LogP contribution in [0.4, 0.5) is 0 Å². The average molecular weight is 322 g/mol. The number of rotatable bonds is 2. The minimum Gasteiger partial charge on any atom is -0.497 e. The van der Waals surface area contributed by atoms with Crippen molar-refractivity contribution in [3.05, 3.63) is 29.6 Å². The third kappa shape index (κ3) is 2.92. The molecular weight excluding hydrogens is 314 g/mol. The Morgan fingerprint density at radius 2 is 1.88 bits per heavy atom. The first-order valence-electron chi connectivity index (χ1n) is 4.34. The number of benzene rings is 1. The Kier molecular flexibility index (Phi) is 4.54. The molecule has 0 aliphatic rings. The van der Waals surface area contributed by atoms with Crippen LogP contribution < -0.4 is 4.74 Å². The van der Waals surface area contributed by atoms with E-state index in [1.54, 1.807) is 28.6 Å². The van der Waals surface area contributed by atoms with Crippen LogP contribution in [0.15, 0.2) is 29.6 Å². The van der Waals surface area contributed by atoms with E-state index < -0.39 is 10.2 Å². The third-order valence-electron chi connectivity index (χ3n) is 1.97. The lowest BCUT2D eigenvalue weighted by molar-refractivity contribution is 0.415. The van der Waals surface area contributed by atoms with E-state index in [-0.39, 0.29) is 0 Å². The second-order valence-corrected chi connectivity index (χ2v) is 15.8. The van der Waals surface area contributed by atoms with Gasteiger partial charge in [0.15, 0.2) is 11.8 Å². The predicted octanol–water partition coefficient (Wildman–Crippen LogP) is 6.50. The minimum absolute atomic E-state index is 0.417. The fraction of sp³-hybridized carbons (Fsp3) is 0.111. The van der Waals surface area contributed by atoms with Gasteiger partial charge in [0.25, 0.3) is 0 Å². The standard InChI is InChI=1S/C9H8OP2S4/c1-10-8-4-2-7(3-5-8)9-6-15-12(14)16-11(9)13/h2-6H,1H3/q+2. The van der Waals surface area contributed by atoms with Gasteiger partial charge in [-0.3, -0.25) is 0 Å². The summed E-state index contributed by atoms with van der Waals surface area (Å²) in [4.78, 5) is 0. The van der Waals surface area contributed by atoms with E-state index in [0.29, 0.717) is 0 Å². The summed E-state index contributed by atoms with van der Waals surface area (Å²) < 4.78 is 4.72. The van der Waals surface area contributed by atoms with E-state index in [4.69, 9.17) is 28.4 Å². The summed E-state index contributed by atoms with van der Waals surface area (Å²) in [6, 6.07) is 8.05. The fourth-order valence-electron chi connectivity index (χ4n) is 1.19. The molecule has 0 spiro atoms. The van der Waals surface area contributed by atoms with Crippen molar-refractivity contribution in [3.8, 4) is 16.6 Å². The molecule has 0 saturated carbocycles. The Morgan fingerprint density at radius 3 is 2.44 bits per heavy atom. The van der Waals surface area contributed by atoms with Crippen molar-refractivity contribution < 1.29 is 4.74 Å². The first-order chi connectivity index (χ1) is 7.70. The Hall–Kier alpha value is 0.240. The van der Waals surface area contributed by atoms with Crippen LogP contribution in [0.25, 0.3) is 10.9 Å². The van der Waals surface area contributed by atoms with Gasteiger partial charge in [-0.05, 0) is 24.3 Å². The van der Waals surface area contributed by atoms with Crippen LogP contribution in [0.2, 0.25) is 0 Å². The smallest absolute Gasteiger partial charge is 0.414 e. The van der Waals surface area contributed by atoms with E-state index in [9.17, 15) is 0 Å². The largest absolute Gasteiger partial charge is 0.497 e.